The van der Waals surface area contributed by atoms with E-state index in [1.54, 1.807) is 17.0 Å². The topological polar surface area (TPSA) is 75.2 Å². The standard InChI is InChI=1S/C13H17ClN4O2/c1-9(19)15-8-10-4-6-18(7-5-10)13(20)11-2-3-12(14)17-16-11/h2-3,10H,4-8H2,1H3,(H,15,19). The summed E-state index contributed by atoms with van der Waals surface area (Å²) < 4.78 is 0. The van der Waals surface area contributed by atoms with Crippen LogP contribution in [0.3, 0.4) is 0 Å². The maximum Gasteiger partial charge on any atom is 0.274 e. The number of halogens is 1. The first kappa shape index (κ1) is 14.7. The van der Waals surface area contributed by atoms with Crippen molar-refractivity contribution in [2.45, 2.75) is 19.8 Å². The summed E-state index contributed by atoms with van der Waals surface area (Å²) in [5.74, 6) is 0.298. The molecule has 0 aliphatic carbocycles. The van der Waals surface area contributed by atoms with Gasteiger partial charge < -0.3 is 10.2 Å². The minimum Gasteiger partial charge on any atom is -0.356 e. The molecule has 2 rings (SSSR count). The molecule has 1 aromatic rings. The summed E-state index contributed by atoms with van der Waals surface area (Å²) >= 11 is 5.65. The SMILES string of the molecule is CC(=O)NCC1CCN(C(=O)c2ccc(Cl)nn2)CC1. The van der Waals surface area contributed by atoms with Crippen molar-refractivity contribution in [2.24, 2.45) is 5.92 Å². The summed E-state index contributed by atoms with van der Waals surface area (Å²) in [6, 6.07) is 3.15. The van der Waals surface area contributed by atoms with Crippen LogP contribution in [0.5, 0.6) is 0 Å². The van der Waals surface area contributed by atoms with E-state index in [1.807, 2.05) is 0 Å². The Bertz CT molecular complexity index is 484. The minimum atomic E-state index is -0.118. The molecule has 2 heterocycles. The molecule has 1 aliphatic rings. The van der Waals surface area contributed by atoms with Crippen molar-refractivity contribution in [3.05, 3.63) is 23.0 Å². The molecule has 1 fully saturated rings. The van der Waals surface area contributed by atoms with E-state index < -0.39 is 0 Å². The van der Waals surface area contributed by atoms with Gasteiger partial charge in [0.2, 0.25) is 5.91 Å². The van der Waals surface area contributed by atoms with Crippen LogP contribution in [0.15, 0.2) is 12.1 Å². The highest BCUT2D eigenvalue weighted by atomic mass is 35.5. The highest BCUT2D eigenvalue weighted by molar-refractivity contribution is 6.29. The lowest BCUT2D eigenvalue weighted by molar-refractivity contribution is -0.119. The Morgan fingerprint density at radius 3 is 2.60 bits per heavy atom. The summed E-state index contributed by atoms with van der Waals surface area (Å²) in [4.78, 5) is 24.8. The van der Waals surface area contributed by atoms with E-state index >= 15 is 0 Å². The van der Waals surface area contributed by atoms with Crippen LogP contribution in [0.2, 0.25) is 5.15 Å². The van der Waals surface area contributed by atoms with Crippen molar-refractivity contribution in [2.75, 3.05) is 19.6 Å². The predicted molar refractivity (Wildman–Crippen MR) is 74.4 cm³/mol. The molecule has 0 bridgehead atoms. The van der Waals surface area contributed by atoms with Crippen LogP contribution in [0.4, 0.5) is 0 Å². The van der Waals surface area contributed by atoms with E-state index in [4.69, 9.17) is 11.6 Å². The van der Waals surface area contributed by atoms with E-state index in [-0.39, 0.29) is 17.0 Å². The normalized spacial score (nSPS) is 16.0. The Morgan fingerprint density at radius 2 is 2.05 bits per heavy atom. The van der Waals surface area contributed by atoms with Crippen molar-refractivity contribution in [3.8, 4) is 0 Å². The number of rotatable bonds is 3. The largest absolute Gasteiger partial charge is 0.356 e. The van der Waals surface area contributed by atoms with E-state index in [2.05, 4.69) is 15.5 Å². The van der Waals surface area contributed by atoms with Gasteiger partial charge in [-0.25, -0.2) is 0 Å². The zero-order valence-electron chi connectivity index (χ0n) is 11.3. The first-order valence-corrected chi connectivity index (χ1v) is 6.97. The van der Waals surface area contributed by atoms with Gasteiger partial charge in [0, 0.05) is 26.6 Å². The fourth-order valence-corrected chi connectivity index (χ4v) is 2.32. The van der Waals surface area contributed by atoms with Crippen molar-refractivity contribution < 1.29 is 9.59 Å². The number of piperidine rings is 1. The number of carbonyl (C=O) groups is 2. The number of likely N-dealkylation sites (tertiary alicyclic amines) is 1. The lowest BCUT2D eigenvalue weighted by atomic mass is 9.96. The monoisotopic (exact) mass is 296 g/mol. The van der Waals surface area contributed by atoms with Crippen LogP contribution in [0.25, 0.3) is 0 Å². The molecule has 0 aromatic carbocycles. The van der Waals surface area contributed by atoms with Crippen LogP contribution in [0, 0.1) is 5.92 Å². The summed E-state index contributed by atoms with van der Waals surface area (Å²) in [5.41, 5.74) is 0.315. The maximum absolute atomic E-state index is 12.2. The molecule has 6 nitrogen and oxygen atoms in total. The van der Waals surface area contributed by atoms with Gasteiger partial charge in [0.05, 0.1) is 0 Å². The number of carbonyl (C=O) groups excluding carboxylic acids is 2. The Morgan fingerprint density at radius 1 is 1.35 bits per heavy atom. The molecule has 2 amide bonds. The van der Waals surface area contributed by atoms with E-state index in [0.29, 0.717) is 31.2 Å². The first-order chi connectivity index (χ1) is 9.56. The molecule has 1 saturated heterocycles. The van der Waals surface area contributed by atoms with Crippen molar-refractivity contribution in [1.82, 2.24) is 20.4 Å². The maximum atomic E-state index is 12.2. The quantitative estimate of drug-likeness (QED) is 0.907. The Balaban J connectivity index is 1.85. The zero-order chi connectivity index (χ0) is 14.5. The molecule has 1 aromatic heterocycles. The summed E-state index contributed by atoms with van der Waals surface area (Å²) in [6.07, 6.45) is 1.76. The van der Waals surface area contributed by atoms with Gasteiger partial charge in [-0.15, -0.1) is 10.2 Å². The molecular formula is C13H17ClN4O2. The van der Waals surface area contributed by atoms with E-state index in [9.17, 15) is 9.59 Å². The second-order valence-corrected chi connectivity index (χ2v) is 5.30. The average Bonchev–Trinajstić information content (AvgIpc) is 2.46. The summed E-state index contributed by atoms with van der Waals surface area (Å²) in [6.45, 7) is 3.54. The van der Waals surface area contributed by atoms with E-state index in [0.717, 1.165) is 12.8 Å². The van der Waals surface area contributed by atoms with Gasteiger partial charge in [-0.05, 0) is 30.9 Å². The first-order valence-electron chi connectivity index (χ1n) is 6.59. The fraction of sp³-hybridized carbons (Fsp3) is 0.538. The third-order valence-electron chi connectivity index (χ3n) is 3.39. The Hall–Kier alpha value is -1.69. The number of amides is 2. The lowest BCUT2D eigenvalue weighted by Crippen LogP contribution is -2.41. The summed E-state index contributed by atoms with van der Waals surface area (Å²) in [5, 5.41) is 10.6. The predicted octanol–water partition coefficient (Wildman–Crippen LogP) is 1.12. The molecule has 108 valence electrons. The number of hydrogen-bond donors (Lipinski definition) is 1. The number of nitrogens with one attached hydrogen (secondary N) is 1. The molecule has 1 aliphatic heterocycles. The average molecular weight is 297 g/mol. The molecule has 0 unspecified atom stereocenters. The van der Waals surface area contributed by atoms with Gasteiger partial charge in [-0.3, -0.25) is 9.59 Å². The Kier molecular flexibility index (Phi) is 4.89. The number of aromatic nitrogens is 2. The van der Waals surface area contributed by atoms with Gasteiger partial charge in [0.25, 0.3) is 5.91 Å². The smallest absolute Gasteiger partial charge is 0.274 e. The zero-order valence-corrected chi connectivity index (χ0v) is 12.1. The minimum absolute atomic E-state index is 0.0139. The highest BCUT2D eigenvalue weighted by Gasteiger charge is 2.24. The van der Waals surface area contributed by atoms with Gasteiger partial charge in [0.15, 0.2) is 10.8 Å². The van der Waals surface area contributed by atoms with Crippen LogP contribution >= 0.6 is 11.6 Å². The molecule has 20 heavy (non-hydrogen) atoms. The molecule has 1 N–H and O–H groups in total. The number of hydrogen-bond acceptors (Lipinski definition) is 4. The molecule has 0 saturated carbocycles. The second kappa shape index (κ2) is 6.65. The van der Waals surface area contributed by atoms with Crippen LogP contribution < -0.4 is 5.32 Å². The third-order valence-corrected chi connectivity index (χ3v) is 3.59. The van der Waals surface area contributed by atoms with Gasteiger partial charge in [0.1, 0.15) is 0 Å². The van der Waals surface area contributed by atoms with Gasteiger partial charge in [-0.1, -0.05) is 11.6 Å². The molecular weight excluding hydrogens is 280 g/mol. The van der Waals surface area contributed by atoms with Crippen LogP contribution in [-0.2, 0) is 4.79 Å². The third kappa shape index (κ3) is 3.90. The number of nitrogens with zero attached hydrogens (tertiary/aromatic N) is 3. The molecule has 0 spiro atoms. The molecule has 0 atom stereocenters. The Labute approximate surface area is 122 Å². The fourth-order valence-electron chi connectivity index (χ4n) is 2.22. The highest BCUT2D eigenvalue weighted by Crippen LogP contribution is 2.18. The van der Waals surface area contributed by atoms with Gasteiger partial charge >= 0.3 is 0 Å². The van der Waals surface area contributed by atoms with E-state index in [1.165, 1.54) is 6.92 Å². The second-order valence-electron chi connectivity index (χ2n) is 4.91. The molecule has 0 radical (unpaired) electrons. The lowest BCUT2D eigenvalue weighted by Gasteiger charge is -2.31. The van der Waals surface area contributed by atoms with Gasteiger partial charge in [-0.2, -0.15) is 0 Å². The van der Waals surface area contributed by atoms with Crippen molar-refractivity contribution in [1.29, 1.82) is 0 Å². The van der Waals surface area contributed by atoms with Crippen molar-refractivity contribution in [3.63, 3.8) is 0 Å². The van der Waals surface area contributed by atoms with Crippen LogP contribution in [0.1, 0.15) is 30.3 Å². The van der Waals surface area contributed by atoms with Crippen LogP contribution in [-0.4, -0.2) is 46.5 Å². The van der Waals surface area contributed by atoms with Crippen molar-refractivity contribution >= 4 is 23.4 Å². The summed E-state index contributed by atoms with van der Waals surface area (Å²) in [7, 11) is 0. The molecule has 7 heteroatoms.